The highest BCUT2D eigenvalue weighted by molar-refractivity contribution is 7.99. The van der Waals surface area contributed by atoms with Crippen LogP contribution in [-0.4, -0.2) is 50.6 Å². The number of fused-ring (bicyclic) bond motifs is 1. The van der Waals surface area contributed by atoms with Gasteiger partial charge in [0.1, 0.15) is 5.82 Å². The molecule has 0 spiro atoms. The number of amides is 1. The second-order valence-electron chi connectivity index (χ2n) is 7.48. The molecule has 1 aromatic heterocycles. The quantitative estimate of drug-likeness (QED) is 0.515. The van der Waals surface area contributed by atoms with Crippen LogP contribution in [0.3, 0.4) is 0 Å². The Kier molecular flexibility index (Phi) is 4.48. The molecule has 2 aliphatic heterocycles. The maximum absolute atomic E-state index is 13.2. The first kappa shape index (κ1) is 18.7. The number of hydrogen-bond donors (Lipinski definition) is 1. The van der Waals surface area contributed by atoms with E-state index in [1.165, 1.54) is 23.9 Å². The van der Waals surface area contributed by atoms with Crippen LogP contribution in [0.1, 0.15) is 17.4 Å². The molecular formula is C22H18FN5OS. The van der Waals surface area contributed by atoms with Gasteiger partial charge in [0.15, 0.2) is 11.9 Å². The van der Waals surface area contributed by atoms with Gasteiger partial charge in [-0.1, -0.05) is 30.0 Å². The minimum atomic E-state index is -0.267. The van der Waals surface area contributed by atoms with Gasteiger partial charge in [0.25, 0.3) is 5.91 Å². The average Bonchev–Trinajstić information content (AvgIpc) is 3.08. The number of rotatable bonds is 4. The Morgan fingerprint density at radius 2 is 2.03 bits per heavy atom. The fourth-order valence-electron chi connectivity index (χ4n) is 4.13. The van der Waals surface area contributed by atoms with Gasteiger partial charge in [0.05, 0.1) is 30.4 Å². The lowest BCUT2D eigenvalue weighted by Crippen LogP contribution is -2.35. The van der Waals surface area contributed by atoms with Crippen molar-refractivity contribution in [3.63, 3.8) is 0 Å². The summed E-state index contributed by atoms with van der Waals surface area (Å²) < 4.78 is 13.2. The number of aromatic nitrogens is 2. The van der Waals surface area contributed by atoms with E-state index < -0.39 is 0 Å². The van der Waals surface area contributed by atoms with Gasteiger partial charge in [-0.3, -0.25) is 9.89 Å². The molecule has 2 fully saturated rings. The first-order chi connectivity index (χ1) is 14.6. The lowest BCUT2D eigenvalue weighted by atomic mass is 10.1. The van der Waals surface area contributed by atoms with Gasteiger partial charge in [-0.15, -0.1) is 0 Å². The molecule has 6 nitrogen and oxygen atoms in total. The van der Waals surface area contributed by atoms with Crippen LogP contribution >= 0.6 is 11.8 Å². The summed E-state index contributed by atoms with van der Waals surface area (Å²) in [7, 11) is 0. The second-order valence-corrected chi connectivity index (χ2v) is 8.60. The zero-order valence-corrected chi connectivity index (χ0v) is 16.9. The number of aromatic amines is 1. The van der Waals surface area contributed by atoms with Crippen molar-refractivity contribution in [1.29, 1.82) is 5.26 Å². The molecule has 1 amide bonds. The van der Waals surface area contributed by atoms with Gasteiger partial charge < -0.3 is 9.80 Å². The number of carbonyl (C=O) groups excluding carboxylic acids is 1. The first-order valence-electron chi connectivity index (χ1n) is 9.64. The minimum Gasteiger partial charge on any atom is -0.323 e. The molecule has 3 aromatic rings. The van der Waals surface area contributed by atoms with Crippen molar-refractivity contribution in [2.45, 2.75) is 34.8 Å². The number of hydrogen-bond acceptors (Lipinski definition) is 5. The minimum absolute atomic E-state index is 0.0372. The van der Waals surface area contributed by atoms with Crippen LogP contribution in [0.25, 0.3) is 11.3 Å². The predicted octanol–water partition coefficient (Wildman–Crippen LogP) is 3.75. The lowest BCUT2D eigenvalue weighted by molar-refractivity contribution is 0.0827. The predicted molar refractivity (Wildman–Crippen MR) is 110 cm³/mol. The molecular weight excluding hydrogens is 401 g/mol. The van der Waals surface area contributed by atoms with Crippen LogP contribution in [0.4, 0.5) is 4.39 Å². The normalized spacial score (nSPS) is 22.0. The maximum Gasteiger partial charge on any atom is 0.275 e. The van der Waals surface area contributed by atoms with Crippen molar-refractivity contribution in [3.8, 4) is 17.5 Å². The molecule has 150 valence electrons. The zero-order chi connectivity index (χ0) is 20.8. The van der Waals surface area contributed by atoms with Crippen LogP contribution in [-0.2, 0) is 0 Å². The Morgan fingerprint density at radius 1 is 1.27 bits per heavy atom. The van der Waals surface area contributed by atoms with E-state index in [4.69, 9.17) is 5.26 Å². The van der Waals surface area contributed by atoms with Gasteiger partial charge in [-0.05, 0) is 43.3 Å². The Balaban J connectivity index is 1.36. The lowest BCUT2D eigenvalue weighted by Gasteiger charge is -2.20. The topological polar surface area (TPSA) is 75.8 Å². The number of likely N-dealkylation sites (tertiary alicyclic amines) is 1. The molecule has 2 aliphatic rings. The summed E-state index contributed by atoms with van der Waals surface area (Å²) in [6.45, 7) is 2.56. The largest absolute Gasteiger partial charge is 0.323 e. The summed E-state index contributed by atoms with van der Waals surface area (Å²) in [5, 5.41) is 16.4. The van der Waals surface area contributed by atoms with E-state index in [1.54, 1.807) is 23.1 Å². The summed E-state index contributed by atoms with van der Waals surface area (Å²) >= 11 is 1.52. The van der Waals surface area contributed by atoms with Crippen LogP contribution in [0.2, 0.25) is 0 Å². The van der Waals surface area contributed by atoms with Crippen molar-refractivity contribution in [2.24, 2.45) is 0 Å². The highest BCUT2D eigenvalue weighted by Gasteiger charge is 2.61. The average molecular weight is 419 g/mol. The third-order valence-corrected chi connectivity index (χ3v) is 6.82. The van der Waals surface area contributed by atoms with E-state index in [0.717, 1.165) is 21.0 Å². The van der Waals surface area contributed by atoms with Crippen molar-refractivity contribution in [2.75, 3.05) is 6.54 Å². The molecule has 2 aromatic carbocycles. The Hall–Kier alpha value is -3.31. The van der Waals surface area contributed by atoms with Crippen LogP contribution in [0, 0.1) is 17.3 Å². The number of nitrogens with zero attached hydrogens (tertiary/aromatic N) is 4. The number of carbonyl (C=O) groups is 1. The summed E-state index contributed by atoms with van der Waals surface area (Å²) in [6.07, 6.45) is 2.18. The third-order valence-electron chi connectivity index (χ3n) is 5.73. The van der Waals surface area contributed by atoms with E-state index in [2.05, 4.69) is 16.4 Å². The monoisotopic (exact) mass is 419 g/mol. The second kappa shape index (κ2) is 7.18. The third kappa shape index (κ3) is 3.12. The van der Waals surface area contributed by atoms with Gasteiger partial charge in [0, 0.05) is 15.4 Å². The number of piperazine rings is 1. The van der Waals surface area contributed by atoms with E-state index in [0.29, 0.717) is 12.2 Å². The van der Waals surface area contributed by atoms with Crippen molar-refractivity contribution < 1.29 is 9.18 Å². The highest BCUT2D eigenvalue weighted by Crippen LogP contribution is 2.41. The van der Waals surface area contributed by atoms with Crippen molar-refractivity contribution >= 4 is 17.7 Å². The molecule has 1 N–H and O–H groups in total. The standard InChI is InChI=1S/C22H18FN5OS/c1-13-21-19(11-27(13)12-24)28(21)22(29)18-10-17(25-26-18)16-4-2-3-5-20(16)30-15-8-6-14(23)7-9-15/h2-10,13,19,21H,11H2,1H3,(H,25,26)/t13?,19?,21-,28?/m0/s1. The molecule has 0 bridgehead atoms. The van der Waals surface area contributed by atoms with Crippen LogP contribution in [0.5, 0.6) is 0 Å². The van der Waals surface area contributed by atoms with Gasteiger partial charge >= 0.3 is 0 Å². The zero-order valence-electron chi connectivity index (χ0n) is 16.1. The number of nitriles is 1. The van der Waals surface area contributed by atoms with E-state index in [-0.39, 0.29) is 29.8 Å². The summed E-state index contributed by atoms with van der Waals surface area (Å²) in [5.41, 5.74) is 2.05. The molecule has 30 heavy (non-hydrogen) atoms. The summed E-state index contributed by atoms with van der Waals surface area (Å²) in [4.78, 5) is 18.4. The SMILES string of the molecule is CC1[C@H]2C(CN1C#N)N2C(=O)c1cc(-c2ccccc2Sc2ccc(F)cc2)[nH]n1. The number of benzene rings is 2. The molecule has 0 radical (unpaired) electrons. The highest BCUT2D eigenvalue weighted by atomic mass is 32.2. The summed E-state index contributed by atoms with van der Waals surface area (Å²) in [6, 6.07) is 16.2. The molecule has 3 heterocycles. The number of H-pyrrole nitrogens is 1. The Morgan fingerprint density at radius 3 is 2.73 bits per heavy atom. The Labute approximate surface area is 177 Å². The van der Waals surface area contributed by atoms with Gasteiger partial charge in [0.2, 0.25) is 0 Å². The maximum atomic E-state index is 13.2. The molecule has 0 saturated carbocycles. The molecule has 2 saturated heterocycles. The fraction of sp³-hybridized carbons (Fsp3) is 0.227. The molecule has 0 aliphatic carbocycles. The molecule has 5 rings (SSSR count). The van der Waals surface area contributed by atoms with Crippen molar-refractivity contribution in [1.82, 2.24) is 20.0 Å². The van der Waals surface area contributed by atoms with Crippen LogP contribution in [0.15, 0.2) is 64.4 Å². The number of nitrogens with one attached hydrogen (secondary N) is 1. The van der Waals surface area contributed by atoms with E-state index >= 15 is 0 Å². The van der Waals surface area contributed by atoms with E-state index in [9.17, 15) is 9.18 Å². The van der Waals surface area contributed by atoms with E-state index in [1.807, 2.05) is 36.1 Å². The number of halogens is 1. The Bertz CT molecular complexity index is 1150. The summed E-state index contributed by atoms with van der Waals surface area (Å²) in [5.74, 6) is -0.378. The smallest absolute Gasteiger partial charge is 0.275 e. The van der Waals surface area contributed by atoms with Gasteiger partial charge in [-0.2, -0.15) is 10.4 Å². The van der Waals surface area contributed by atoms with Crippen LogP contribution < -0.4 is 0 Å². The van der Waals surface area contributed by atoms with Gasteiger partial charge in [-0.25, -0.2) is 4.39 Å². The van der Waals surface area contributed by atoms with Crippen molar-refractivity contribution in [3.05, 3.63) is 66.1 Å². The fourth-order valence-corrected chi connectivity index (χ4v) is 5.09. The first-order valence-corrected chi connectivity index (χ1v) is 10.5. The molecule has 2 unspecified atom stereocenters. The molecule has 3 atom stereocenters. The molecule has 8 heteroatoms.